The quantitative estimate of drug-likeness (QED) is 0.681. The summed E-state index contributed by atoms with van der Waals surface area (Å²) >= 11 is 0. The van der Waals surface area contributed by atoms with Crippen molar-refractivity contribution in [1.82, 2.24) is 10.3 Å². The van der Waals surface area contributed by atoms with Crippen LogP contribution >= 0.6 is 0 Å². The monoisotopic (exact) mass is 308 g/mol. The molecule has 118 valence electrons. The number of methoxy groups -OCH3 is 1. The fourth-order valence-electron chi connectivity index (χ4n) is 2.93. The Labute approximate surface area is 136 Å². The number of aryl methyl sites for hydroxylation is 1. The minimum Gasteiger partial charge on any atom is -0.466 e. The van der Waals surface area contributed by atoms with E-state index in [1.807, 2.05) is 18.3 Å². The summed E-state index contributed by atoms with van der Waals surface area (Å²) in [6.45, 7) is 0.821. The third-order valence-corrected chi connectivity index (χ3v) is 4.13. The summed E-state index contributed by atoms with van der Waals surface area (Å²) in [5, 5.41) is 3.60. The van der Waals surface area contributed by atoms with E-state index < -0.39 is 0 Å². The van der Waals surface area contributed by atoms with E-state index in [0.29, 0.717) is 6.04 Å². The molecule has 0 spiro atoms. The molecule has 1 aliphatic carbocycles. The van der Waals surface area contributed by atoms with Crippen LogP contribution in [0.5, 0.6) is 0 Å². The van der Waals surface area contributed by atoms with Crippen LogP contribution in [0.25, 0.3) is 6.08 Å². The minimum atomic E-state index is -0.332. The molecule has 1 aromatic carbocycles. The topological polar surface area (TPSA) is 51.2 Å². The predicted molar refractivity (Wildman–Crippen MR) is 89.6 cm³/mol. The summed E-state index contributed by atoms with van der Waals surface area (Å²) in [4.78, 5) is 15.3. The number of ether oxygens (including phenoxy) is 1. The van der Waals surface area contributed by atoms with Crippen LogP contribution in [0.2, 0.25) is 0 Å². The van der Waals surface area contributed by atoms with Gasteiger partial charge >= 0.3 is 5.97 Å². The number of nitrogens with zero attached hydrogens (tertiary/aromatic N) is 1. The first-order chi connectivity index (χ1) is 11.3. The molecule has 3 rings (SSSR count). The van der Waals surface area contributed by atoms with Crippen LogP contribution in [0, 0.1) is 0 Å². The molecule has 4 nitrogen and oxygen atoms in total. The van der Waals surface area contributed by atoms with E-state index in [1.54, 1.807) is 12.3 Å². The number of hydrogen-bond acceptors (Lipinski definition) is 4. The van der Waals surface area contributed by atoms with Crippen LogP contribution in [-0.4, -0.2) is 18.1 Å². The Morgan fingerprint density at radius 3 is 3.13 bits per heavy atom. The Morgan fingerprint density at radius 1 is 1.43 bits per heavy atom. The minimum absolute atomic E-state index is 0.332. The standard InChI is InChI=1S/C19H20N2O2/c1-23-19(22)9-5-14-4-7-17-16(11-14)6-8-18(17)21-13-15-3-2-10-20-12-15/h2-5,7,9-12,18,21H,6,8,13H2,1H3. The number of nitrogens with one attached hydrogen (secondary N) is 1. The van der Waals surface area contributed by atoms with E-state index in [9.17, 15) is 4.79 Å². The molecule has 1 N–H and O–H groups in total. The van der Waals surface area contributed by atoms with E-state index in [-0.39, 0.29) is 5.97 Å². The zero-order chi connectivity index (χ0) is 16.1. The molecule has 23 heavy (non-hydrogen) atoms. The van der Waals surface area contributed by atoms with Gasteiger partial charge in [0.2, 0.25) is 0 Å². The predicted octanol–water partition coefficient (Wildman–Crippen LogP) is 3.04. The summed E-state index contributed by atoms with van der Waals surface area (Å²) in [5.74, 6) is -0.332. The van der Waals surface area contributed by atoms with E-state index in [4.69, 9.17) is 0 Å². The summed E-state index contributed by atoms with van der Waals surface area (Å²) in [7, 11) is 1.38. The summed E-state index contributed by atoms with van der Waals surface area (Å²) in [6.07, 6.45) is 9.08. The van der Waals surface area contributed by atoms with Crippen LogP contribution in [0.3, 0.4) is 0 Å². The molecule has 0 bridgehead atoms. The molecule has 0 saturated carbocycles. The molecule has 0 amide bonds. The molecular weight excluding hydrogens is 288 g/mol. The van der Waals surface area contributed by atoms with E-state index >= 15 is 0 Å². The second-order valence-electron chi connectivity index (χ2n) is 5.65. The Bertz CT molecular complexity index is 711. The third kappa shape index (κ3) is 3.85. The first-order valence-corrected chi connectivity index (χ1v) is 7.77. The van der Waals surface area contributed by atoms with E-state index in [2.05, 4.69) is 33.2 Å². The number of hydrogen-bond donors (Lipinski definition) is 1. The lowest BCUT2D eigenvalue weighted by Crippen LogP contribution is -2.18. The van der Waals surface area contributed by atoms with Crippen molar-refractivity contribution in [1.29, 1.82) is 0 Å². The molecule has 1 aliphatic rings. The van der Waals surface area contributed by atoms with Gasteiger partial charge in [0.15, 0.2) is 0 Å². The second kappa shape index (κ2) is 7.20. The number of pyridine rings is 1. The van der Waals surface area contributed by atoms with Crippen LogP contribution < -0.4 is 5.32 Å². The van der Waals surface area contributed by atoms with Crippen molar-refractivity contribution in [3.05, 3.63) is 71.1 Å². The van der Waals surface area contributed by atoms with Gasteiger partial charge in [-0.1, -0.05) is 24.3 Å². The van der Waals surface area contributed by atoms with Crippen molar-refractivity contribution in [2.24, 2.45) is 0 Å². The average molecular weight is 308 g/mol. The second-order valence-corrected chi connectivity index (χ2v) is 5.65. The zero-order valence-electron chi connectivity index (χ0n) is 13.2. The molecule has 0 saturated heterocycles. The lowest BCUT2D eigenvalue weighted by Gasteiger charge is -2.14. The van der Waals surface area contributed by atoms with Crippen molar-refractivity contribution in [2.75, 3.05) is 7.11 Å². The highest BCUT2D eigenvalue weighted by Crippen LogP contribution is 2.32. The molecule has 2 aromatic rings. The molecule has 1 aromatic heterocycles. The average Bonchev–Trinajstić information content (AvgIpc) is 3.01. The zero-order valence-corrected chi connectivity index (χ0v) is 13.2. The molecular formula is C19H20N2O2. The number of esters is 1. The highest BCUT2D eigenvalue weighted by molar-refractivity contribution is 5.86. The molecule has 0 fully saturated rings. The van der Waals surface area contributed by atoms with Gasteiger partial charge in [-0.05, 0) is 47.2 Å². The maximum atomic E-state index is 11.2. The molecule has 1 unspecified atom stereocenters. The van der Waals surface area contributed by atoms with Crippen molar-refractivity contribution < 1.29 is 9.53 Å². The molecule has 1 atom stereocenters. The Hall–Kier alpha value is -2.46. The Kier molecular flexibility index (Phi) is 4.83. The van der Waals surface area contributed by atoms with Gasteiger partial charge in [0.1, 0.15) is 0 Å². The SMILES string of the molecule is COC(=O)C=Cc1ccc2c(c1)CCC2NCc1cccnc1. The first kappa shape index (κ1) is 15.4. The summed E-state index contributed by atoms with van der Waals surface area (Å²) < 4.78 is 4.61. The van der Waals surface area contributed by atoms with Crippen molar-refractivity contribution in [2.45, 2.75) is 25.4 Å². The molecule has 4 heteroatoms. The van der Waals surface area contributed by atoms with Gasteiger partial charge < -0.3 is 10.1 Å². The van der Waals surface area contributed by atoms with Crippen LogP contribution in [0.1, 0.15) is 34.7 Å². The van der Waals surface area contributed by atoms with Gasteiger partial charge in [-0.2, -0.15) is 0 Å². The van der Waals surface area contributed by atoms with Crippen molar-refractivity contribution in [3.8, 4) is 0 Å². The number of fused-ring (bicyclic) bond motifs is 1. The molecule has 0 radical (unpaired) electrons. The normalized spacial score (nSPS) is 16.5. The lowest BCUT2D eigenvalue weighted by atomic mass is 10.0. The highest BCUT2D eigenvalue weighted by atomic mass is 16.5. The highest BCUT2D eigenvalue weighted by Gasteiger charge is 2.21. The number of carbonyl (C=O) groups excluding carboxylic acids is 1. The van der Waals surface area contributed by atoms with Gasteiger partial charge in [0, 0.05) is 31.1 Å². The van der Waals surface area contributed by atoms with Crippen LogP contribution in [0.4, 0.5) is 0 Å². The van der Waals surface area contributed by atoms with Crippen molar-refractivity contribution >= 4 is 12.0 Å². The summed E-state index contributed by atoms with van der Waals surface area (Å²) in [5.41, 5.74) is 4.92. The maximum absolute atomic E-state index is 11.2. The van der Waals surface area contributed by atoms with Gasteiger partial charge in [0.05, 0.1) is 7.11 Å². The van der Waals surface area contributed by atoms with Crippen molar-refractivity contribution in [3.63, 3.8) is 0 Å². The Balaban J connectivity index is 1.66. The van der Waals surface area contributed by atoms with Crippen LogP contribution in [0.15, 0.2) is 48.8 Å². The third-order valence-electron chi connectivity index (χ3n) is 4.13. The van der Waals surface area contributed by atoms with E-state index in [1.165, 1.54) is 29.9 Å². The van der Waals surface area contributed by atoms with Gasteiger partial charge in [-0.15, -0.1) is 0 Å². The largest absolute Gasteiger partial charge is 0.466 e. The fraction of sp³-hybridized carbons (Fsp3) is 0.263. The van der Waals surface area contributed by atoms with Gasteiger partial charge in [0.25, 0.3) is 0 Å². The van der Waals surface area contributed by atoms with Gasteiger partial charge in [-0.3, -0.25) is 4.98 Å². The van der Waals surface area contributed by atoms with E-state index in [0.717, 1.165) is 24.9 Å². The molecule has 0 aliphatic heterocycles. The number of carbonyl (C=O) groups is 1. The fourth-order valence-corrected chi connectivity index (χ4v) is 2.93. The number of aromatic nitrogens is 1. The smallest absolute Gasteiger partial charge is 0.330 e. The molecule has 1 heterocycles. The van der Waals surface area contributed by atoms with Gasteiger partial charge in [-0.25, -0.2) is 4.79 Å². The number of benzene rings is 1. The lowest BCUT2D eigenvalue weighted by molar-refractivity contribution is -0.134. The summed E-state index contributed by atoms with van der Waals surface area (Å²) in [6, 6.07) is 10.8. The Morgan fingerprint density at radius 2 is 2.35 bits per heavy atom. The maximum Gasteiger partial charge on any atom is 0.330 e. The van der Waals surface area contributed by atoms with Crippen LogP contribution in [-0.2, 0) is 22.5 Å². The number of rotatable bonds is 5. The first-order valence-electron chi connectivity index (χ1n) is 7.77.